The van der Waals surface area contributed by atoms with E-state index in [1.807, 2.05) is 18.2 Å². The lowest BCUT2D eigenvalue weighted by Gasteiger charge is -2.15. The summed E-state index contributed by atoms with van der Waals surface area (Å²) in [6.45, 7) is 2.12. The zero-order valence-electron chi connectivity index (χ0n) is 10.4. The van der Waals surface area contributed by atoms with E-state index in [9.17, 15) is 4.39 Å². The van der Waals surface area contributed by atoms with Crippen molar-refractivity contribution in [2.75, 3.05) is 0 Å². The van der Waals surface area contributed by atoms with Crippen LogP contribution in [-0.2, 0) is 5.41 Å². The van der Waals surface area contributed by atoms with Crippen molar-refractivity contribution in [3.8, 4) is 0 Å². The van der Waals surface area contributed by atoms with Crippen molar-refractivity contribution in [1.82, 2.24) is 0 Å². The van der Waals surface area contributed by atoms with Crippen molar-refractivity contribution in [3.63, 3.8) is 0 Å². The molecule has 0 bridgehead atoms. The number of hydrogen-bond donors (Lipinski definition) is 0. The lowest BCUT2D eigenvalue weighted by Crippen LogP contribution is -2.08. The second-order valence-electron chi connectivity index (χ2n) is 5.00. The third kappa shape index (κ3) is 1.74. The molecule has 0 heterocycles. The van der Waals surface area contributed by atoms with Crippen molar-refractivity contribution < 1.29 is 4.39 Å². The molecule has 91 valence electrons. The zero-order chi connectivity index (χ0) is 12.6. The number of benzene rings is 2. The molecule has 0 aromatic heterocycles. The van der Waals surface area contributed by atoms with Gasteiger partial charge in [-0.05, 0) is 42.0 Å². The summed E-state index contributed by atoms with van der Waals surface area (Å²) < 4.78 is 13.0. The maximum atomic E-state index is 13.0. The number of rotatable bonds is 3. The number of halogens is 1. The van der Waals surface area contributed by atoms with Crippen LogP contribution in [0.5, 0.6) is 0 Å². The largest absolute Gasteiger partial charge is 0.207 e. The van der Waals surface area contributed by atoms with Gasteiger partial charge in [0.15, 0.2) is 0 Å². The fraction of sp³-hybridized carbons (Fsp3) is 0.235. The molecule has 0 amide bonds. The summed E-state index contributed by atoms with van der Waals surface area (Å²) in [5.41, 5.74) is 2.75. The van der Waals surface area contributed by atoms with E-state index in [1.165, 1.54) is 11.1 Å². The Hall–Kier alpha value is -1.63. The average molecular weight is 239 g/mol. The van der Waals surface area contributed by atoms with Crippen LogP contribution in [0.4, 0.5) is 4.39 Å². The first kappa shape index (κ1) is 11.5. The van der Waals surface area contributed by atoms with Gasteiger partial charge in [-0.15, -0.1) is 0 Å². The van der Waals surface area contributed by atoms with E-state index in [1.54, 1.807) is 12.1 Å². The Labute approximate surface area is 107 Å². The second kappa shape index (κ2) is 4.24. The monoisotopic (exact) mass is 239 g/mol. The van der Waals surface area contributed by atoms with E-state index in [0.29, 0.717) is 5.92 Å². The summed E-state index contributed by atoms with van der Waals surface area (Å²) in [7, 11) is 0. The summed E-state index contributed by atoms with van der Waals surface area (Å²) in [6.07, 6.45) is 3.41. The Bertz CT molecular complexity index is 529. The van der Waals surface area contributed by atoms with Gasteiger partial charge in [0.05, 0.1) is 0 Å². The van der Waals surface area contributed by atoms with Crippen LogP contribution in [0.2, 0.25) is 0 Å². The third-order valence-corrected chi connectivity index (χ3v) is 4.10. The van der Waals surface area contributed by atoms with Gasteiger partial charge in [0.1, 0.15) is 5.82 Å². The zero-order valence-corrected chi connectivity index (χ0v) is 10.4. The maximum absolute atomic E-state index is 13.0. The molecule has 0 saturated heterocycles. The van der Waals surface area contributed by atoms with Gasteiger partial charge in [-0.25, -0.2) is 4.39 Å². The highest BCUT2D eigenvalue weighted by atomic mass is 19.1. The third-order valence-electron chi connectivity index (χ3n) is 4.10. The lowest BCUT2D eigenvalue weighted by atomic mass is 9.88. The minimum absolute atomic E-state index is 0.152. The van der Waals surface area contributed by atoms with Crippen LogP contribution < -0.4 is 0 Å². The van der Waals surface area contributed by atoms with Crippen LogP contribution in [-0.4, -0.2) is 0 Å². The first-order valence-corrected chi connectivity index (χ1v) is 6.38. The average Bonchev–Trinajstić information content (AvgIpc) is 3.17. The van der Waals surface area contributed by atoms with E-state index in [-0.39, 0.29) is 11.2 Å². The minimum Gasteiger partial charge on any atom is -0.207 e. The Morgan fingerprint density at radius 3 is 2.33 bits per heavy atom. The van der Waals surface area contributed by atoms with Crippen LogP contribution in [0.15, 0.2) is 54.6 Å². The topological polar surface area (TPSA) is 0 Å². The van der Waals surface area contributed by atoms with E-state index >= 15 is 0 Å². The summed E-state index contributed by atoms with van der Waals surface area (Å²) in [4.78, 5) is 0. The van der Waals surface area contributed by atoms with Crippen LogP contribution in [0, 0.1) is 12.2 Å². The molecule has 0 nitrogen and oxygen atoms in total. The predicted molar refractivity (Wildman–Crippen MR) is 71.9 cm³/mol. The van der Waals surface area contributed by atoms with E-state index in [4.69, 9.17) is 0 Å². The molecule has 1 heteroatoms. The van der Waals surface area contributed by atoms with Gasteiger partial charge in [-0.3, -0.25) is 0 Å². The fourth-order valence-corrected chi connectivity index (χ4v) is 2.94. The molecule has 0 N–H and O–H groups in total. The van der Waals surface area contributed by atoms with Crippen LogP contribution in [0.25, 0.3) is 0 Å². The molecule has 2 aromatic rings. The summed E-state index contributed by atoms with van der Waals surface area (Å²) in [5.74, 6) is 0.329. The molecular formula is C17H16F. The van der Waals surface area contributed by atoms with Gasteiger partial charge in [0.25, 0.3) is 0 Å². The molecule has 0 spiro atoms. The molecule has 1 aliphatic rings. The number of hydrogen-bond acceptors (Lipinski definition) is 0. The Morgan fingerprint density at radius 2 is 1.72 bits per heavy atom. The predicted octanol–water partition coefficient (Wildman–Crippen LogP) is 4.48. The second-order valence-corrected chi connectivity index (χ2v) is 5.00. The summed E-state index contributed by atoms with van der Waals surface area (Å²) in [6, 6.07) is 17.5. The Kier molecular flexibility index (Phi) is 2.70. The van der Waals surface area contributed by atoms with Crippen molar-refractivity contribution in [2.45, 2.75) is 24.7 Å². The molecule has 0 aliphatic heterocycles. The van der Waals surface area contributed by atoms with Gasteiger partial charge in [0, 0.05) is 5.41 Å². The van der Waals surface area contributed by atoms with E-state index in [2.05, 4.69) is 37.6 Å². The molecule has 2 unspecified atom stereocenters. The molecule has 2 aromatic carbocycles. The molecule has 18 heavy (non-hydrogen) atoms. The van der Waals surface area contributed by atoms with Gasteiger partial charge < -0.3 is 0 Å². The molecule has 1 saturated carbocycles. The van der Waals surface area contributed by atoms with E-state index in [0.717, 1.165) is 6.42 Å². The van der Waals surface area contributed by atoms with Crippen molar-refractivity contribution in [2.24, 2.45) is 0 Å². The summed E-state index contributed by atoms with van der Waals surface area (Å²) in [5, 5.41) is 0. The first-order valence-electron chi connectivity index (χ1n) is 6.38. The highest BCUT2D eigenvalue weighted by Gasteiger charge is 2.54. The quantitative estimate of drug-likeness (QED) is 0.741. The van der Waals surface area contributed by atoms with Gasteiger partial charge in [0.2, 0.25) is 0 Å². The molecular weight excluding hydrogens is 223 g/mol. The van der Waals surface area contributed by atoms with Gasteiger partial charge in [-0.1, -0.05) is 49.4 Å². The highest BCUT2D eigenvalue weighted by Crippen LogP contribution is 2.61. The SMILES string of the molecule is C[CH]C1(c2ccccc2)CC1c1ccc(F)cc1. The molecule has 2 atom stereocenters. The van der Waals surface area contributed by atoms with Crippen molar-refractivity contribution >= 4 is 0 Å². The van der Waals surface area contributed by atoms with Crippen LogP contribution >= 0.6 is 0 Å². The Morgan fingerprint density at radius 1 is 1.06 bits per heavy atom. The minimum atomic E-state index is -0.162. The lowest BCUT2D eigenvalue weighted by molar-refractivity contribution is 0.626. The van der Waals surface area contributed by atoms with Crippen molar-refractivity contribution in [1.29, 1.82) is 0 Å². The van der Waals surface area contributed by atoms with Crippen molar-refractivity contribution in [3.05, 3.63) is 78.0 Å². The van der Waals surface area contributed by atoms with Gasteiger partial charge in [-0.2, -0.15) is 0 Å². The standard InChI is InChI=1S/C17H16F/c1-2-17(14-6-4-3-5-7-14)12-16(17)13-8-10-15(18)11-9-13/h2-11,16H,12H2,1H3. The molecule has 3 rings (SSSR count). The smallest absolute Gasteiger partial charge is 0.123 e. The summed E-state index contributed by atoms with van der Waals surface area (Å²) >= 11 is 0. The fourth-order valence-electron chi connectivity index (χ4n) is 2.94. The van der Waals surface area contributed by atoms with Gasteiger partial charge >= 0.3 is 0 Å². The van der Waals surface area contributed by atoms with E-state index < -0.39 is 0 Å². The Balaban J connectivity index is 1.92. The normalized spacial score (nSPS) is 26.0. The molecule has 1 aliphatic carbocycles. The molecule has 1 fully saturated rings. The van der Waals surface area contributed by atoms with Crippen LogP contribution in [0.3, 0.4) is 0 Å². The highest BCUT2D eigenvalue weighted by molar-refractivity contribution is 5.46. The maximum Gasteiger partial charge on any atom is 0.123 e. The first-order chi connectivity index (χ1) is 8.76. The molecule has 1 radical (unpaired) electrons. The van der Waals surface area contributed by atoms with Crippen LogP contribution in [0.1, 0.15) is 30.4 Å².